The first kappa shape index (κ1) is 21.3. The molecular formula is C20H14Cl3N3O2S. The van der Waals surface area contributed by atoms with Gasteiger partial charge in [-0.2, -0.15) is 0 Å². The monoisotopic (exact) mass is 465 g/mol. The molecule has 0 unspecified atom stereocenters. The van der Waals surface area contributed by atoms with E-state index in [9.17, 15) is 9.59 Å². The quantitative estimate of drug-likeness (QED) is 0.432. The zero-order valence-corrected chi connectivity index (χ0v) is 18.1. The summed E-state index contributed by atoms with van der Waals surface area (Å²) in [6.45, 7) is 1.85. The van der Waals surface area contributed by atoms with Gasteiger partial charge in [0.15, 0.2) is 5.13 Å². The fraction of sp³-hybridized carbons (Fsp3) is 0.0500. The average molecular weight is 467 g/mol. The van der Waals surface area contributed by atoms with E-state index in [1.165, 1.54) is 12.3 Å². The summed E-state index contributed by atoms with van der Waals surface area (Å²) in [5, 5.41) is 7.07. The van der Waals surface area contributed by atoms with Gasteiger partial charge in [-0.3, -0.25) is 14.9 Å². The van der Waals surface area contributed by atoms with Crippen LogP contribution < -0.4 is 10.6 Å². The first-order chi connectivity index (χ1) is 13.8. The number of hydrogen-bond donors (Lipinski definition) is 2. The van der Waals surface area contributed by atoms with Crippen LogP contribution in [0.2, 0.25) is 15.1 Å². The number of hydrogen-bond acceptors (Lipinski definition) is 4. The number of carbonyl (C=O) groups is 2. The molecule has 3 rings (SSSR count). The van der Waals surface area contributed by atoms with Crippen molar-refractivity contribution in [2.45, 2.75) is 6.92 Å². The summed E-state index contributed by atoms with van der Waals surface area (Å²) in [5.74, 6) is -0.757. The van der Waals surface area contributed by atoms with E-state index in [4.69, 9.17) is 34.8 Å². The number of rotatable bonds is 5. The summed E-state index contributed by atoms with van der Waals surface area (Å²) in [5.41, 5.74) is 2.07. The number of aryl methyl sites for hydroxylation is 1. The molecule has 0 radical (unpaired) electrons. The highest BCUT2D eigenvalue weighted by Crippen LogP contribution is 2.27. The van der Waals surface area contributed by atoms with Crippen LogP contribution in [0.25, 0.3) is 6.08 Å². The summed E-state index contributed by atoms with van der Waals surface area (Å²) in [6, 6.07) is 10.3. The fourth-order valence-electron chi connectivity index (χ4n) is 2.39. The Balaban J connectivity index is 1.64. The second-order valence-electron chi connectivity index (χ2n) is 5.94. The number of amides is 2. The van der Waals surface area contributed by atoms with Gasteiger partial charge in [0.1, 0.15) is 4.88 Å². The molecule has 29 heavy (non-hydrogen) atoms. The molecule has 0 aliphatic heterocycles. The molecule has 1 aromatic heterocycles. The molecule has 0 aliphatic carbocycles. The molecule has 0 fully saturated rings. The van der Waals surface area contributed by atoms with Crippen LogP contribution in [-0.4, -0.2) is 16.8 Å². The minimum absolute atomic E-state index is 0.296. The third-order valence-corrected chi connectivity index (χ3v) is 5.40. The molecule has 2 N–H and O–H groups in total. The third kappa shape index (κ3) is 5.81. The van der Waals surface area contributed by atoms with Gasteiger partial charge in [0, 0.05) is 16.1 Å². The number of aromatic nitrogens is 1. The van der Waals surface area contributed by atoms with Gasteiger partial charge in [0.2, 0.25) is 5.91 Å². The van der Waals surface area contributed by atoms with Gasteiger partial charge in [0.05, 0.1) is 16.9 Å². The Morgan fingerprint density at radius 3 is 2.48 bits per heavy atom. The number of carbonyl (C=O) groups excluding carboxylic acids is 2. The smallest absolute Gasteiger partial charge is 0.267 e. The molecule has 0 saturated heterocycles. The number of halogens is 3. The van der Waals surface area contributed by atoms with Crippen LogP contribution >= 0.6 is 46.1 Å². The molecule has 0 saturated carbocycles. The molecule has 0 bridgehead atoms. The van der Waals surface area contributed by atoms with E-state index in [1.54, 1.807) is 36.4 Å². The predicted octanol–water partition coefficient (Wildman–Crippen LogP) is 6.32. The Bertz CT molecular complexity index is 1070. The van der Waals surface area contributed by atoms with Crippen molar-refractivity contribution in [3.63, 3.8) is 0 Å². The highest BCUT2D eigenvalue weighted by molar-refractivity contribution is 7.17. The van der Waals surface area contributed by atoms with Crippen LogP contribution in [-0.2, 0) is 4.79 Å². The zero-order chi connectivity index (χ0) is 21.0. The number of nitrogens with one attached hydrogen (secondary N) is 2. The van der Waals surface area contributed by atoms with E-state index in [-0.39, 0.29) is 5.91 Å². The summed E-state index contributed by atoms with van der Waals surface area (Å²) >= 11 is 19.0. The molecule has 3 aromatic rings. The Kier molecular flexibility index (Phi) is 6.92. The van der Waals surface area contributed by atoms with E-state index < -0.39 is 5.91 Å². The zero-order valence-electron chi connectivity index (χ0n) is 15.0. The van der Waals surface area contributed by atoms with Crippen LogP contribution in [0, 0.1) is 6.92 Å². The van der Waals surface area contributed by atoms with E-state index in [0.29, 0.717) is 36.3 Å². The van der Waals surface area contributed by atoms with Gasteiger partial charge < -0.3 is 5.32 Å². The molecule has 5 nitrogen and oxygen atoms in total. The van der Waals surface area contributed by atoms with Crippen molar-refractivity contribution < 1.29 is 9.59 Å². The molecule has 1 heterocycles. The summed E-state index contributed by atoms with van der Waals surface area (Å²) in [6.07, 6.45) is 4.30. The molecule has 148 valence electrons. The largest absolute Gasteiger partial charge is 0.320 e. The van der Waals surface area contributed by atoms with Crippen molar-refractivity contribution in [2.75, 3.05) is 10.6 Å². The van der Waals surface area contributed by atoms with Gasteiger partial charge in [-0.25, -0.2) is 4.98 Å². The van der Waals surface area contributed by atoms with Gasteiger partial charge in [-0.05, 0) is 48.4 Å². The molecular weight excluding hydrogens is 453 g/mol. The van der Waals surface area contributed by atoms with Crippen molar-refractivity contribution in [3.05, 3.63) is 79.7 Å². The fourth-order valence-corrected chi connectivity index (χ4v) is 3.92. The van der Waals surface area contributed by atoms with Crippen molar-refractivity contribution in [2.24, 2.45) is 0 Å². The Labute approximate surface area is 186 Å². The van der Waals surface area contributed by atoms with Crippen LogP contribution in [0.1, 0.15) is 20.8 Å². The molecule has 0 spiro atoms. The van der Waals surface area contributed by atoms with E-state index in [0.717, 1.165) is 16.9 Å². The predicted molar refractivity (Wildman–Crippen MR) is 120 cm³/mol. The van der Waals surface area contributed by atoms with Gasteiger partial charge in [-0.15, -0.1) is 0 Å². The lowest BCUT2D eigenvalue weighted by atomic mass is 10.2. The average Bonchev–Trinajstić information content (AvgIpc) is 3.11. The van der Waals surface area contributed by atoms with Gasteiger partial charge >= 0.3 is 0 Å². The number of nitrogens with zero attached hydrogens (tertiary/aromatic N) is 1. The van der Waals surface area contributed by atoms with Crippen LogP contribution in [0.5, 0.6) is 0 Å². The van der Waals surface area contributed by atoms with E-state index in [2.05, 4.69) is 15.6 Å². The maximum Gasteiger partial charge on any atom is 0.267 e. The van der Waals surface area contributed by atoms with Crippen molar-refractivity contribution >= 4 is 74.8 Å². The first-order valence-corrected chi connectivity index (χ1v) is 10.2. The minimum Gasteiger partial charge on any atom is -0.320 e. The van der Waals surface area contributed by atoms with Crippen LogP contribution in [0.15, 0.2) is 48.7 Å². The Hall–Kier alpha value is -2.38. The normalized spacial score (nSPS) is 10.9. The minimum atomic E-state index is -0.399. The molecule has 9 heteroatoms. The van der Waals surface area contributed by atoms with Crippen LogP contribution in [0.4, 0.5) is 10.8 Å². The maximum atomic E-state index is 12.4. The lowest BCUT2D eigenvalue weighted by molar-refractivity contribution is -0.111. The SMILES string of the molecule is Cc1cccc(Cl)c1NC(=O)c1cnc(NC(=O)/C=C/c2cc(Cl)cc(Cl)c2)s1. The van der Waals surface area contributed by atoms with Gasteiger partial charge in [0.25, 0.3) is 5.91 Å². The third-order valence-electron chi connectivity index (χ3n) is 3.73. The first-order valence-electron chi connectivity index (χ1n) is 8.29. The lowest BCUT2D eigenvalue weighted by Gasteiger charge is -2.08. The van der Waals surface area contributed by atoms with Crippen LogP contribution in [0.3, 0.4) is 0 Å². The highest BCUT2D eigenvalue weighted by atomic mass is 35.5. The molecule has 2 amide bonds. The Morgan fingerprint density at radius 2 is 1.79 bits per heavy atom. The standard InChI is InChI=1S/C20H14Cl3N3O2S/c1-11-3-2-4-15(23)18(11)26-19(28)16-10-24-20(29-16)25-17(27)6-5-12-7-13(21)9-14(22)8-12/h2-10H,1H3,(H,26,28)(H,24,25,27)/b6-5+. The second kappa shape index (κ2) is 9.41. The summed E-state index contributed by atoms with van der Waals surface area (Å²) < 4.78 is 0. The maximum absolute atomic E-state index is 12.4. The van der Waals surface area contributed by atoms with Crippen molar-refractivity contribution in [3.8, 4) is 0 Å². The summed E-state index contributed by atoms with van der Waals surface area (Å²) in [7, 11) is 0. The van der Waals surface area contributed by atoms with E-state index >= 15 is 0 Å². The summed E-state index contributed by atoms with van der Waals surface area (Å²) in [4.78, 5) is 28.9. The number of thiazole rings is 1. The second-order valence-corrected chi connectivity index (χ2v) is 8.25. The topological polar surface area (TPSA) is 71.1 Å². The number of benzene rings is 2. The molecule has 0 aliphatic rings. The number of para-hydroxylation sites is 1. The molecule has 2 aromatic carbocycles. The number of anilines is 2. The highest BCUT2D eigenvalue weighted by Gasteiger charge is 2.14. The Morgan fingerprint density at radius 1 is 1.07 bits per heavy atom. The van der Waals surface area contributed by atoms with E-state index in [1.807, 2.05) is 13.0 Å². The van der Waals surface area contributed by atoms with Crippen molar-refractivity contribution in [1.82, 2.24) is 4.98 Å². The molecule has 0 atom stereocenters. The van der Waals surface area contributed by atoms with Gasteiger partial charge in [-0.1, -0.05) is 58.3 Å². The van der Waals surface area contributed by atoms with Crippen molar-refractivity contribution in [1.29, 1.82) is 0 Å². The lowest BCUT2D eigenvalue weighted by Crippen LogP contribution is -2.11.